The summed E-state index contributed by atoms with van der Waals surface area (Å²) in [6.07, 6.45) is 11.9. The summed E-state index contributed by atoms with van der Waals surface area (Å²) in [5, 5.41) is 0. The van der Waals surface area contributed by atoms with Gasteiger partial charge in [-0.1, -0.05) is 12.2 Å². The SMILES string of the molecule is C1=C[C@H](N2CCN(C[C@@H]3CCCO3)CC2)CCC1. The van der Waals surface area contributed by atoms with Gasteiger partial charge in [0.05, 0.1) is 6.10 Å². The lowest BCUT2D eigenvalue weighted by atomic mass is 10.0. The number of piperazine rings is 1. The molecule has 2 saturated heterocycles. The van der Waals surface area contributed by atoms with Crippen LogP contribution in [0.4, 0.5) is 0 Å². The van der Waals surface area contributed by atoms with E-state index in [-0.39, 0.29) is 0 Å². The van der Waals surface area contributed by atoms with E-state index in [1.54, 1.807) is 0 Å². The van der Waals surface area contributed by atoms with Gasteiger partial charge in [0.15, 0.2) is 0 Å². The molecular weight excluding hydrogens is 224 g/mol. The first-order chi connectivity index (χ1) is 8.92. The molecule has 2 aliphatic heterocycles. The predicted molar refractivity (Wildman–Crippen MR) is 73.8 cm³/mol. The second kappa shape index (κ2) is 6.18. The van der Waals surface area contributed by atoms with Gasteiger partial charge in [-0.3, -0.25) is 9.80 Å². The van der Waals surface area contributed by atoms with Gasteiger partial charge in [-0.25, -0.2) is 0 Å². The van der Waals surface area contributed by atoms with Crippen LogP contribution in [0.3, 0.4) is 0 Å². The van der Waals surface area contributed by atoms with E-state index in [4.69, 9.17) is 4.74 Å². The fourth-order valence-corrected chi connectivity index (χ4v) is 3.45. The lowest BCUT2D eigenvalue weighted by Gasteiger charge is -2.39. The van der Waals surface area contributed by atoms with E-state index in [1.807, 2.05) is 0 Å². The topological polar surface area (TPSA) is 15.7 Å². The Morgan fingerprint density at radius 1 is 1.06 bits per heavy atom. The molecule has 3 nitrogen and oxygen atoms in total. The van der Waals surface area contributed by atoms with Crippen molar-refractivity contribution in [1.29, 1.82) is 0 Å². The van der Waals surface area contributed by atoms with E-state index in [2.05, 4.69) is 22.0 Å². The highest BCUT2D eigenvalue weighted by atomic mass is 16.5. The molecule has 0 N–H and O–H groups in total. The first-order valence-corrected chi connectivity index (χ1v) is 7.66. The summed E-state index contributed by atoms with van der Waals surface area (Å²) >= 11 is 0. The van der Waals surface area contributed by atoms with Crippen molar-refractivity contribution in [2.45, 2.75) is 44.2 Å². The fourth-order valence-electron chi connectivity index (χ4n) is 3.45. The van der Waals surface area contributed by atoms with Gasteiger partial charge in [0.1, 0.15) is 0 Å². The first kappa shape index (κ1) is 12.6. The van der Waals surface area contributed by atoms with Crippen molar-refractivity contribution in [2.75, 3.05) is 39.3 Å². The van der Waals surface area contributed by atoms with E-state index < -0.39 is 0 Å². The van der Waals surface area contributed by atoms with Gasteiger partial charge in [0, 0.05) is 45.4 Å². The maximum Gasteiger partial charge on any atom is 0.0702 e. The van der Waals surface area contributed by atoms with Crippen LogP contribution in [0.1, 0.15) is 32.1 Å². The zero-order valence-electron chi connectivity index (χ0n) is 11.4. The molecule has 3 rings (SSSR count). The Hall–Kier alpha value is -0.380. The van der Waals surface area contributed by atoms with Crippen LogP contribution in [0.5, 0.6) is 0 Å². The Kier molecular flexibility index (Phi) is 4.34. The van der Waals surface area contributed by atoms with Crippen molar-refractivity contribution < 1.29 is 4.74 Å². The van der Waals surface area contributed by atoms with Crippen molar-refractivity contribution >= 4 is 0 Å². The molecule has 18 heavy (non-hydrogen) atoms. The molecule has 0 amide bonds. The van der Waals surface area contributed by atoms with Crippen molar-refractivity contribution in [3.05, 3.63) is 12.2 Å². The lowest BCUT2D eigenvalue weighted by molar-refractivity contribution is 0.0436. The van der Waals surface area contributed by atoms with Crippen LogP contribution < -0.4 is 0 Å². The highest BCUT2D eigenvalue weighted by Gasteiger charge is 2.25. The number of allylic oxidation sites excluding steroid dienone is 1. The predicted octanol–water partition coefficient (Wildman–Crippen LogP) is 1.89. The van der Waals surface area contributed by atoms with Crippen LogP contribution >= 0.6 is 0 Å². The largest absolute Gasteiger partial charge is 0.377 e. The quantitative estimate of drug-likeness (QED) is 0.712. The maximum atomic E-state index is 5.73. The van der Waals surface area contributed by atoms with Crippen molar-refractivity contribution in [3.8, 4) is 0 Å². The minimum absolute atomic E-state index is 0.520. The van der Waals surface area contributed by atoms with Gasteiger partial charge < -0.3 is 4.74 Å². The van der Waals surface area contributed by atoms with Gasteiger partial charge in [0.25, 0.3) is 0 Å². The summed E-state index contributed by atoms with van der Waals surface area (Å²) in [4.78, 5) is 5.26. The maximum absolute atomic E-state index is 5.73. The molecule has 0 unspecified atom stereocenters. The molecule has 3 aliphatic rings. The standard InChI is InChI=1S/C15H26N2O/c1-2-5-14(6-3-1)17-10-8-16(9-11-17)13-15-7-4-12-18-15/h2,5,14-15H,1,3-4,6-13H2/t14-,15-/m0/s1. The minimum atomic E-state index is 0.520. The lowest BCUT2D eigenvalue weighted by Crippen LogP contribution is -2.51. The number of nitrogens with zero attached hydrogens (tertiary/aromatic N) is 2. The number of hydrogen-bond acceptors (Lipinski definition) is 3. The highest BCUT2D eigenvalue weighted by molar-refractivity contribution is 4.99. The van der Waals surface area contributed by atoms with Gasteiger partial charge in [-0.15, -0.1) is 0 Å². The van der Waals surface area contributed by atoms with E-state index in [9.17, 15) is 0 Å². The summed E-state index contributed by atoms with van der Waals surface area (Å²) in [5.74, 6) is 0. The highest BCUT2D eigenvalue weighted by Crippen LogP contribution is 2.19. The number of rotatable bonds is 3. The average molecular weight is 250 g/mol. The normalized spacial score (nSPS) is 35.1. The molecule has 102 valence electrons. The molecule has 2 fully saturated rings. The molecule has 0 bridgehead atoms. The Morgan fingerprint density at radius 3 is 2.61 bits per heavy atom. The molecule has 0 aromatic carbocycles. The van der Waals surface area contributed by atoms with Gasteiger partial charge >= 0.3 is 0 Å². The Balaban J connectivity index is 1.42. The fraction of sp³-hybridized carbons (Fsp3) is 0.867. The summed E-state index contributed by atoms with van der Waals surface area (Å²) in [7, 11) is 0. The third kappa shape index (κ3) is 3.14. The minimum Gasteiger partial charge on any atom is -0.377 e. The smallest absolute Gasteiger partial charge is 0.0702 e. The van der Waals surface area contributed by atoms with Crippen LogP contribution in [0, 0.1) is 0 Å². The summed E-state index contributed by atoms with van der Waals surface area (Å²) < 4.78 is 5.73. The molecule has 0 radical (unpaired) electrons. The van der Waals surface area contributed by atoms with Crippen LogP contribution in [0.15, 0.2) is 12.2 Å². The first-order valence-electron chi connectivity index (χ1n) is 7.66. The van der Waals surface area contributed by atoms with Crippen molar-refractivity contribution in [3.63, 3.8) is 0 Å². The average Bonchev–Trinajstić information content (AvgIpc) is 2.94. The second-order valence-electron chi connectivity index (χ2n) is 5.90. The van der Waals surface area contributed by atoms with Gasteiger partial charge in [-0.2, -0.15) is 0 Å². The molecule has 0 aromatic heterocycles. The zero-order chi connectivity index (χ0) is 12.2. The third-order valence-electron chi connectivity index (χ3n) is 4.59. The van der Waals surface area contributed by atoms with E-state index in [0.29, 0.717) is 6.10 Å². The third-order valence-corrected chi connectivity index (χ3v) is 4.59. The molecule has 3 heteroatoms. The summed E-state index contributed by atoms with van der Waals surface area (Å²) in [6, 6.07) is 0.726. The van der Waals surface area contributed by atoms with E-state index in [0.717, 1.165) is 19.2 Å². The van der Waals surface area contributed by atoms with Gasteiger partial charge in [-0.05, 0) is 32.1 Å². The number of ether oxygens (including phenoxy) is 1. The van der Waals surface area contributed by atoms with Crippen LogP contribution in [-0.2, 0) is 4.74 Å². The van der Waals surface area contributed by atoms with Gasteiger partial charge in [0.2, 0.25) is 0 Å². The zero-order valence-corrected chi connectivity index (χ0v) is 11.4. The molecule has 2 atom stereocenters. The second-order valence-corrected chi connectivity index (χ2v) is 5.90. The number of hydrogen-bond donors (Lipinski definition) is 0. The molecule has 0 saturated carbocycles. The summed E-state index contributed by atoms with van der Waals surface area (Å²) in [6.45, 7) is 7.07. The monoisotopic (exact) mass is 250 g/mol. The Labute approximate surface area is 111 Å². The van der Waals surface area contributed by atoms with Crippen molar-refractivity contribution in [2.24, 2.45) is 0 Å². The van der Waals surface area contributed by atoms with E-state index in [1.165, 1.54) is 58.3 Å². The molecule has 0 aromatic rings. The molecule has 0 spiro atoms. The van der Waals surface area contributed by atoms with Crippen LogP contribution in [0.2, 0.25) is 0 Å². The van der Waals surface area contributed by atoms with E-state index >= 15 is 0 Å². The van der Waals surface area contributed by atoms with Crippen molar-refractivity contribution in [1.82, 2.24) is 9.80 Å². The van der Waals surface area contributed by atoms with Crippen LogP contribution in [-0.4, -0.2) is 61.3 Å². The molecular formula is C15H26N2O. The summed E-state index contributed by atoms with van der Waals surface area (Å²) in [5.41, 5.74) is 0. The van der Waals surface area contributed by atoms with Crippen LogP contribution in [0.25, 0.3) is 0 Å². The molecule has 2 heterocycles. The Morgan fingerprint density at radius 2 is 1.94 bits per heavy atom. The Bertz CT molecular complexity index is 278. The molecule has 1 aliphatic carbocycles.